The van der Waals surface area contributed by atoms with Crippen LogP contribution in [0, 0.1) is 3.57 Å². The van der Waals surface area contributed by atoms with Gasteiger partial charge in [-0.3, -0.25) is 4.84 Å². The molecule has 0 heterocycles. The predicted octanol–water partition coefficient (Wildman–Crippen LogP) is 3.44. The van der Waals surface area contributed by atoms with Crippen molar-refractivity contribution in [1.82, 2.24) is 5.48 Å². The summed E-state index contributed by atoms with van der Waals surface area (Å²) in [5, 5.41) is 0. The molecule has 0 radical (unpaired) electrons. The van der Waals surface area contributed by atoms with Gasteiger partial charge in [0.05, 0.1) is 6.04 Å². The molecule has 1 atom stereocenters. The molecule has 0 saturated carbocycles. The Morgan fingerprint density at radius 3 is 2.38 bits per heavy atom. The molecule has 6 heteroatoms. The number of rotatable bonds is 4. The van der Waals surface area contributed by atoms with Crippen LogP contribution in [0.3, 0.4) is 0 Å². The molecule has 0 spiro atoms. The Hall–Kier alpha value is -0.340. The molecule has 0 aliphatic carbocycles. The van der Waals surface area contributed by atoms with Gasteiger partial charge in [0.1, 0.15) is 0 Å². The summed E-state index contributed by atoms with van der Waals surface area (Å²) < 4.78 is 36.5. The summed E-state index contributed by atoms with van der Waals surface area (Å²) in [7, 11) is 0. The molecule has 0 bridgehead atoms. The molecule has 0 aromatic heterocycles. The number of hydroxylamine groups is 1. The summed E-state index contributed by atoms with van der Waals surface area (Å²) in [5.41, 5.74) is 3.23. The van der Waals surface area contributed by atoms with Crippen LogP contribution >= 0.6 is 22.6 Å². The molecule has 1 aromatic rings. The fourth-order valence-electron chi connectivity index (χ4n) is 1.07. The summed E-state index contributed by atoms with van der Waals surface area (Å²) in [5.74, 6) is 0. The SMILES string of the molecule is CC(NOCC(F)(F)F)c1ccc(I)cc1. The quantitative estimate of drug-likeness (QED) is 0.667. The van der Waals surface area contributed by atoms with Gasteiger partial charge in [0.25, 0.3) is 0 Å². The Balaban J connectivity index is 2.41. The van der Waals surface area contributed by atoms with E-state index in [9.17, 15) is 13.2 Å². The summed E-state index contributed by atoms with van der Waals surface area (Å²) in [6, 6.07) is 7.18. The molecule has 0 aliphatic rings. The van der Waals surface area contributed by atoms with Crippen molar-refractivity contribution in [3.63, 3.8) is 0 Å². The van der Waals surface area contributed by atoms with Gasteiger partial charge in [0, 0.05) is 3.57 Å². The highest BCUT2D eigenvalue weighted by atomic mass is 127. The van der Waals surface area contributed by atoms with E-state index in [2.05, 4.69) is 32.9 Å². The lowest BCUT2D eigenvalue weighted by molar-refractivity contribution is -0.192. The van der Waals surface area contributed by atoms with E-state index in [1.165, 1.54) is 0 Å². The topological polar surface area (TPSA) is 21.3 Å². The molecule has 2 nitrogen and oxygen atoms in total. The maximum Gasteiger partial charge on any atom is 0.413 e. The maximum atomic E-state index is 11.8. The first-order valence-corrected chi connectivity index (χ1v) is 5.66. The van der Waals surface area contributed by atoms with Crippen LogP contribution in [0.4, 0.5) is 13.2 Å². The van der Waals surface area contributed by atoms with E-state index >= 15 is 0 Å². The summed E-state index contributed by atoms with van der Waals surface area (Å²) in [6.07, 6.45) is -4.31. The van der Waals surface area contributed by atoms with E-state index in [0.29, 0.717) is 0 Å². The first-order chi connectivity index (χ1) is 7.38. The second-order valence-corrected chi connectivity index (χ2v) is 4.54. The Morgan fingerprint density at radius 2 is 1.88 bits per heavy atom. The molecule has 1 N–H and O–H groups in total. The third-order valence-corrected chi connectivity index (χ3v) is 2.59. The molecule has 1 unspecified atom stereocenters. The second kappa shape index (κ2) is 5.83. The van der Waals surface area contributed by atoms with Gasteiger partial charge in [0.2, 0.25) is 0 Å². The third kappa shape index (κ3) is 5.13. The molecule has 90 valence electrons. The third-order valence-electron chi connectivity index (χ3n) is 1.87. The standard InChI is InChI=1S/C10H11F3INO/c1-7(15-16-6-10(11,12)13)8-2-4-9(14)5-3-8/h2-5,7,15H,6H2,1H3. The second-order valence-electron chi connectivity index (χ2n) is 3.29. The molecule has 0 aliphatic heterocycles. The van der Waals surface area contributed by atoms with Crippen molar-refractivity contribution in [3.05, 3.63) is 33.4 Å². The fourth-order valence-corrected chi connectivity index (χ4v) is 1.43. The lowest BCUT2D eigenvalue weighted by Gasteiger charge is -2.15. The fraction of sp³-hybridized carbons (Fsp3) is 0.400. The van der Waals surface area contributed by atoms with Crippen molar-refractivity contribution < 1.29 is 18.0 Å². The number of hydrogen-bond donors (Lipinski definition) is 1. The number of hydrogen-bond acceptors (Lipinski definition) is 2. The highest BCUT2D eigenvalue weighted by Crippen LogP contribution is 2.17. The normalized spacial score (nSPS) is 13.8. The van der Waals surface area contributed by atoms with Gasteiger partial charge in [0.15, 0.2) is 6.61 Å². The summed E-state index contributed by atoms with van der Waals surface area (Å²) >= 11 is 2.16. The smallest absolute Gasteiger partial charge is 0.292 e. The summed E-state index contributed by atoms with van der Waals surface area (Å²) in [4.78, 5) is 4.37. The zero-order chi connectivity index (χ0) is 12.2. The lowest BCUT2D eigenvalue weighted by Crippen LogP contribution is -2.26. The Morgan fingerprint density at radius 1 is 1.31 bits per heavy atom. The molecular formula is C10H11F3INO. The zero-order valence-electron chi connectivity index (χ0n) is 8.51. The lowest BCUT2D eigenvalue weighted by atomic mass is 10.1. The van der Waals surface area contributed by atoms with Crippen molar-refractivity contribution in [3.8, 4) is 0 Å². The van der Waals surface area contributed by atoms with E-state index in [1.807, 2.05) is 24.3 Å². The minimum atomic E-state index is -4.31. The number of alkyl halides is 3. The van der Waals surface area contributed by atoms with Crippen molar-refractivity contribution in [1.29, 1.82) is 0 Å². The van der Waals surface area contributed by atoms with E-state index in [-0.39, 0.29) is 6.04 Å². The zero-order valence-corrected chi connectivity index (χ0v) is 10.7. The first kappa shape index (κ1) is 13.7. The van der Waals surface area contributed by atoms with Gasteiger partial charge < -0.3 is 0 Å². The van der Waals surface area contributed by atoms with Gasteiger partial charge in [-0.1, -0.05) is 12.1 Å². The van der Waals surface area contributed by atoms with E-state index in [0.717, 1.165) is 9.13 Å². The largest absolute Gasteiger partial charge is 0.413 e. The van der Waals surface area contributed by atoms with Crippen LogP contribution < -0.4 is 5.48 Å². The number of nitrogens with one attached hydrogen (secondary N) is 1. The minimum absolute atomic E-state index is 0.278. The maximum absolute atomic E-state index is 11.8. The van der Waals surface area contributed by atoms with E-state index < -0.39 is 12.8 Å². The Kier molecular flexibility index (Phi) is 5.00. The molecule has 1 aromatic carbocycles. The van der Waals surface area contributed by atoms with Crippen LogP contribution in [0.25, 0.3) is 0 Å². The monoisotopic (exact) mass is 345 g/mol. The predicted molar refractivity (Wildman–Crippen MR) is 62.7 cm³/mol. The molecule has 0 saturated heterocycles. The molecular weight excluding hydrogens is 334 g/mol. The van der Waals surface area contributed by atoms with E-state index in [1.54, 1.807) is 6.92 Å². The van der Waals surface area contributed by atoms with Crippen molar-refractivity contribution in [2.75, 3.05) is 6.61 Å². The summed E-state index contributed by atoms with van der Waals surface area (Å²) in [6.45, 7) is 0.445. The highest BCUT2D eigenvalue weighted by molar-refractivity contribution is 14.1. The number of halogens is 4. The van der Waals surface area contributed by atoms with Gasteiger partial charge in [-0.15, -0.1) is 0 Å². The Labute approximate surface area is 105 Å². The van der Waals surface area contributed by atoms with Crippen molar-refractivity contribution in [2.45, 2.75) is 19.1 Å². The Bertz CT molecular complexity index is 326. The van der Waals surface area contributed by atoms with Crippen LogP contribution in [0.15, 0.2) is 24.3 Å². The van der Waals surface area contributed by atoms with Gasteiger partial charge in [-0.2, -0.15) is 18.7 Å². The average Bonchev–Trinajstić information content (AvgIpc) is 2.16. The minimum Gasteiger partial charge on any atom is -0.292 e. The number of benzene rings is 1. The van der Waals surface area contributed by atoms with Crippen LogP contribution in [-0.2, 0) is 4.84 Å². The van der Waals surface area contributed by atoms with Gasteiger partial charge in [-0.25, -0.2) is 0 Å². The van der Waals surface area contributed by atoms with Crippen LogP contribution in [0.5, 0.6) is 0 Å². The molecule has 16 heavy (non-hydrogen) atoms. The highest BCUT2D eigenvalue weighted by Gasteiger charge is 2.28. The van der Waals surface area contributed by atoms with Gasteiger partial charge in [-0.05, 0) is 47.2 Å². The molecule has 1 rings (SSSR count). The average molecular weight is 345 g/mol. The first-order valence-electron chi connectivity index (χ1n) is 4.58. The van der Waals surface area contributed by atoms with Gasteiger partial charge >= 0.3 is 6.18 Å². The van der Waals surface area contributed by atoms with Crippen molar-refractivity contribution in [2.24, 2.45) is 0 Å². The van der Waals surface area contributed by atoms with Crippen molar-refractivity contribution >= 4 is 22.6 Å². The van der Waals surface area contributed by atoms with Crippen LogP contribution in [0.2, 0.25) is 0 Å². The molecule has 0 fully saturated rings. The van der Waals surface area contributed by atoms with E-state index in [4.69, 9.17) is 0 Å². The van der Waals surface area contributed by atoms with Crippen LogP contribution in [-0.4, -0.2) is 12.8 Å². The van der Waals surface area contributed by atoms with Crippen LogP contribution in [0.1, 0.15) is 18.5 Å². The molecule has 0 amide bonds.